The van der Waals surface area contributed by atoms with Crippen LogP contribution in [0.15, 0.2) is 36.9 Å². The fraction of sp³-hybridized carbons (Fsp3) is 0.500. The molecule has 0 spiro atoms. The number of pyridine rings is 1. The van der Waals surface area contributed by atoms with E-state index in [1.165, 1.54) is 22.6 Å². The van der Waals surface area contributed by atoms with Crippen molar-refractivity contribution in [3.05, 3.63) is 52.6 Å². The zero-order valence-electron chi connectivity index (χ0n) is 13.9. The van der Waals surface area contributed by atoms with Crippen molar-refractivity contribution in [2.75, 3.05) is 32.7 Å². The van der Waals surface area contributed by atoms with Crippen LogP contribution in [-0.2, 0) is 13.1 Å². The molecule has 1 aliphatic rings. The van der Waals surface area contributed by atoms with Crippen molar-refractivity contribution in [1.82, 2.24) is 24.6 Å². The smallest absolute Gasteiger partial charge is 0.306 e. The maximum Gasteiger partial charge on any atom is 0.306 e. The van der Waals surface area contributed by atoms with Gasteiger partial charge in [-0.05, 0) is 17.7 Å². The number of aromatic nitrogens is 3. The van der Waals surface area contributed by atoms with Gasteiger partial charge < -0.3 is 5.11 Å². The van der Waals surface area contributed by atoms with E-state index in [1.54, 1.807) is 0 Å². The lowest BCUT2D eigenvalue weighted by Gasteiger charge is -2.35. The van der Waals surface area contributed by atoms with Gasteiger partial charge in [0.25, 0.3) is 0 Å². The summed E-state index contributed by atoms with van der Waals surface area (Å²) >= 11 is 0. The number of aliphatic hydroxyl groups is 1. The van der Waals surface area contributed by atoms with Crippen molar-refractivity contribution in [3.8, 4) is 0 Å². The van der Waals surface area contributed by atoms with Crippen LogP contribution in [0.25, 0.3) is 0 Å². The maximum atomic E-state index is 10.7. The van der Waals surface area contributed by atoms with Gasteiger partial charge in [-0.3, -0.25) is 29.6 Å². The van der Waals surface area contributed by atoms with Crippen LogP contribution in [0.4, 0.5) is 5.69 Å². The summed E-state index contributed by atoms with van der Waals surface area (Å²) in [4.78, 5) is 18.8. The average molecular weight is 346 g/mol. The normalized spacial score (nSPS) is 17.5. The molecule has 1 atom stereocenters. The SMILES string of the molecule is O=[N+]([O-])c1cnn(CC(O)CN2CCN(Cc3ccncc3)CC2)c1. The Morgan fingerprint density at radius 3 is 2.48 bits per heavy atom. The van der Waals surface area contributed by atoms with E-state index in [9.17, 15) is 15.2 Å². The number of piperazine rings is 1. The molecule has 1 fully saturated rings. The Morgan fingerprint density at radius 2 is 1.84 bits per heavy atom. The van der Waals surface area contributed by atoms with Crippen LogP contribution in [0, 0.1) is 10.1 Å². The van der Waals surface area contributed by atoms with Gasteiger partial charge in [-0.25, -0.2) is 0 Å². The first-order chi connectivity index (χ1) is 12.1. The van der Waals surface area contributed by atoms with Gasteiger partial charge in [0.05, 0.1) is 17.6 Å². The molecule has 0 bridgehead atoms. The highest BCUT2D eigenvalue weighted by Gasteiger charge is 2.20. The Kier molecular flexibility index (Phi) is 5.69. The molecule has 3 heterocycles. The van der Waals surface area contributed by atoms with Crippen LogP contribution < -0.4 is 0 Å². The molecule has 1 aliphatic heterocycles. The Balaban J connectivity index is 1.41. The van der Waals surface area contributed by atoms with Gasteiger partial charge in [-0.2, -0.15) is 5.10 Å². The first kappa shape index (κ1) is 17.5. The molecule has 0 saturated carbocycles. The highest BCUT2D eigenvalue weighted by atomic mass is 16.6. The van der Waals surface area contributed by atoms with Crippen LogP contribution in [0.1, 0.15) is 5.56 Å². The minimum atomic E-state index is -0.605. The quantitative estimate of drug-likeness (QED) is 0.571. The first-order valence-corrected chi connectivity index (χ1v) is 8.28. The third-order valence-electron chi connectivity index (χ3n) is 4.32. The summed E-state index contributed by atoms with van der Waals surface area (Å²) in [7, 11) is 0. The van der Waals surface area contributed by atoms with Gasteiger partial charge in [0.2, 0.25) is 0 Å². The predicted molar refractivity (Wildman–Crippen MR) is 90.8 cm³/mol. The molecular weight excluding hydrogens is 324 g/mol. The number of hydrogen-bond donors (Lipinski definition) is 1. The fourth-order valence-corrected chi connectivity index (χ4v) is 2.99. The van der Waals surface area contributed by atoms with Crippen LogP contribution in [0.2, 0.25) is 0 Å². The average Bonchev–Trinajstić information content (AvgIpc) is 3.06. The molecule has 1 saturated heterocycles. The van der Waals surface area contributed by atoms with E-state index in [0.29, 0.717) is 6.54 Å². The Morgan fingerprint density at radius 1 is 1.16 bits per heavy atom. The second-order valence-corrected chi connectivity index (χ2v) is 6.26. The van der Waals surface area contributed by atoms with Crippen LogP contribution in [-0.4, -0.2) is 73.4 Å². The van der Waals surface area contributed by atoms with E-state index in [2.05, 4.69) is 19.9 Å². The fourth-order valence-electron chi connectivity index (χ4n) is 2.99. The molecule has 134 valence electrons. The molecule has 1 unspecified atom stereocenters. The van der Waals surface area contributed by atoms with E-state index in [1.807, 2.05) is 24.5 Å². The minimum absolute atomic E-state index is 0.0584. The Hall–Kier alpha value is -2.36. The molecule has 0 amide bonds. The maximum absolute atomic E-state index is 10.7. The number of β-amino-alcohol motifs (C(OH)–C–C–N with tert-alkyl or cyclic N) is 1. The number of aliphatic hydroxyl groups excluding tert-OH is 1. The molecule has 2 aromatic rings. The van der Waals surface area contributed by atoms with Gasteiger partial charge in [-0.15, -0.1) is 0 Å². The summed E-state index contributed by atoms with van der Waals surface area (Å²) in [5, 5.41) is 24.8. The molecule has 3 rings (SSSR count). The van der Waals surface area contributed by atoms with E-state index in [0.717, 1.165) is 32.7 Å². The summed E-state index contributed by atoms with van der Waals surface area (Å²) in [6.07, 6.45) is 5.55. The van der Waals surface area contributed by atoms with Crippen LogP contribution in [0.5, 0.6) is 0 Å². The van der Waals surface area contributed by atoms with Crippen molar-refractivity contribution < 1.29 is 10.0 Å². The van der Waals surface area contributed by atoms with Crippen LogP contribution in [0.3, 0.4) is 0 Å². The monoisotopic (exact) mass is 346 g/mol. The molecule has 0 aromatic carbocycles. The topological polar surface area (TPSA) is 101 Å². The van der Waals surface area contributed by atoms with E-state index >= 15 is 0 Å². The van der Waals surface area contributed by atoms with E-state index in [-0.39, 0.29) is 12.2 Å². The summed E-state index contributed by atoms with van der Waals surface area (Å²) < 4.78 is 1.42. The largest absolute Gasteiger partial charge is 0.390 e. The molecule has 2 aromatic heterocycles. The zero-order chi connectivity index (χ0) is 17.6. The lowest BCUT2D eigenvalue weighted by atomic mass is 10.2. The summed E-state index contributed by atoms with van der Waals surface area (Å²) in [5.74, 6) is 0. The highest BCUT2D eigenvalue weighted by Crippen LogP contribution is 2.10. The highest BCUT2D eigenvalue weighted by molar-refractivity contribution is 5.20. The van der Waals surface area contributed by atoms with Crippen molar-refractivity contribution >= 4 is 5.69 Å². The van der Waals surface area contributed by atoms with Gasteiger partial charge in [0, 0.05) is 51.7 Å². The van der Waals surface area contributed by atoms with Gasteiger partial charge in [0.1, 0.15) is 12.4 Å². The number of rotatable bonds is 7. The zero-order valence-corrected chi connectivity index (χ0v) is 13.9. The molecule has 9 heteroatoms. The summed E-state index contributed by atoms with van der Waals surface area (Å²) in [6, 6.07) is 4.05. The molecule has 0 radical (unpaired) electrons. The Bertz CT molecular complexity index is 684. The predicted octanol–water partition coefficient (Wildman–Crippen LogP) is 0.365. The lowest BCUT2D eigenvalue weighted by Crippen LogP contribution is -2.48. The van der Waals surface area contributed by atoms with E-state index in [4.69, 9.17) is 0 Å². The molecule has 1 N–H and O–H groups in total. The second kappa shape index (κ2) is 8.15. The number of nitrogens with zero attached hydrogens (tertiary/aromatic N) is 6. The van der Waals surface area contributed by atoms with E-state index < -0.39 is 11.0 Å². The number of nitro groups is 1. The first-order valence-electron chi connectivity index (χ1n) is 8.28. The third-order valence-corrected chi connectivity index (χ3v) is 4.32. The molecule has 25 heavy (non-hydrogen) atoms. The minimum Gasteiger partial charge on any atom is -0.390 e. The lowest BCUT2D eigenvalue weighted by molar-refractivity contribution is -0.385. The van der Waals surface area contributed by atoms with Gasteiger partial charge >= 0.3 is 5.69 Å². The van der Waals surface area contributed by atoms with Crippen molar-refractivity contribution in [3.63, 3.8) is 0 Å². The van der Waals surface area contributed by atoms with Crippen molar-refractivity contribution in [1.29, 1.82) is 0 Å². The number of hydrogen-bond acceptors (Lipinski definition) is 7. The second-order valence-electron chi connectivity index (χ2n) is 6.26. The van der Waals surface area contributed by atoms with Crippen LogP contribution >= 0.6 is 0 Å². The van der Waals surface area contributed by atoms with Crippen molar-refractivity contribution in [2.24, 2.45) is 0 Å². The summed E-state index contributed by atoms with van der Waals surface area (Å²) in [5.41, 5.74) is 1.20. The third kappa shape index (κ3) is 5.05. The van der Waals surface area contributed by atoms with Gasteiger partial charge in [-0.1, -0.05) is 0 Å². The Labute approximate surface area is 145 Å². The molecular formula is C16H22N6O3. The summed E-state index contributed by atoms with van der Waals surface area (Å²) in [6.45, 7) is 5.38. The molecule has 0 aliphatic carbocycles. The molecule has 9 nitrogen and oxygen atoms in total. The standard InChI is InChI=1S/C16H22N6O3/c23-16(13-21-11-15(9-18-21)22(24)25)12-20-7-5-19(6-8-20)10-14-1-3-17-4-2-14/h1-4,9,11,16,23H,5-8,10,12-13H2. The van der Waals surface area contributed by atoms with Crippen molar-refractivity contribution in [2.45, 2.75) is 19.2 Å². The van der Waals surface area contributed by atoms with Gasteiger partial charge in [0.15, 0.2) is 0 Å².